The third-order valence-electron chi connectivity index (χ3n) is 2.96. The SMILES string of the molecule is OCC(O)C(O)C(O)C=NNc1nc(-c2ccc(Cl)cc2)cs1. The van der Waals surface area contributed by atoms with Crippen LogP contribution in [0.2, 0.25) is 5.02 Å². The lowest BCUT2D eigenvalue weighted by atomic mass is 10.1. The Kier molecular flexibility index (Phi) is 6.46. The molecule has 5 N–H and O–H groups in total. The number of aliphatic hydroxyl groups excluding tert-OH is 4. The third kappa shape index (κ3) is 4.96. The average molecular weight is 358 g/mol. The van der Waals surface area contributed by atoms with E-state index in [2.05, 4.69) is 15.5 Å². The van der Waals surface area contributed by atoms with Gasteiger partial charge in [0.05, 0.1) is 18.5 Å². The Labute approximate surface area is 141 Å². The Morgan fingerprint density at radius 1 is 1.26 bits per heavy atom. The summed E-state index contributed by atoms with van der Waals surface area (Å²) in [5.74, 6) is 0. The van der Waals surface area contributed by atoms with Crippen LogP contribution >= 0.6 is 22.9 Å². The van der Waals surface area contributed by atoms with Crippen LogP contribution in [0.4, 0.5) is 5.13 Å². The number of aliphatic hydroxyl groups is 4. The van der Waals surface area contributed by atoms with Gasteiger partial charge in [0, 0.05) is 16.0 Å². The highest BCUT2D eigenvalue weighted by molar-refractivity contribution is 7.14. The summed E-state index contributed by atoms with van der Waals surface area (Å²) in [4.78, 5) is 4.32. The zero-order valence-corrected chi connectivity index (χ0v) is 13.4. The van der Waals surface area contributed by atoms with Crippen molar-refractivity contribution in [3.8, 4) is 11.3 Å². The van der Waals surface area contributed by atoms with Crippen LogP contribution in [-0.4, -0.2) is 56.5 Å². The fourth-order valence-electron chi connectivity index (χ4n) is 1.67. The summed E-state index contributed by atoms with van der Waals surface area (Å²) in [7, 11) is 0. The number of hydrazone groups is 1. The molecule has 1 heterocycles. The maximum Gasteiger partial charge on any atom is 0.203 e. The molecule has 0 saturated carbocycles. The molecule has 3 atom stereocenters. The summed E-state index contributed by atoms with van der Waals surface area (Å²) < 4.78 is 0. The van der Waals surface area contributed by atoms with Crippen molar-refractivity contribution in [3.05, 3.63) is 34.7 Å². The van der Waals surface area contributed by atoms with E-state index in [1.165, 1.54) is 11.3 Å². The standard InChI is InChI=1S/C14H16ClN3O4S/c15-9-3-1-8(2-4-9)10-7-23-14(17-10)18-16-5-11(20)13(22)12(21)6-19/h1-5,7,11-13,19-22H,6H2,(H,17,18). The molecule has 0 saturated heterocycles. The normalized spacial score (nSPS) is 15.5. The van der Waals surface area contributed by atoms with E-state index >= 15 is 0 Å². The third-order valence-corrected chi connectivity index (χ3v) is 3.96. The van der Waals surface area contributed by atoms with E-state index < -0.39 is 24.9 Å². The maximum absolute atomic E-state index is 9.57. The number of thiazole rings is 1. The second-order valence-electron chi connectivity index (χ2n) is 4.67. The molecule has 2 rings (SSSR count). The molecular formula is C14H16ClN3O4S. The Morgan fingerprint density at radius 2 is 1.96 bits per heavy atom. The summed E-state index contributed by atoms with van der Waals surface area (Å²) in [6.07, 6.45) is -3.35. The number of hydrogen-bond acceptors (Lipinski definition) is 8. The highest BCUT2D eigenvalue weighted by atomic mass is 35.5. The average Bonchev–Trinajstić information content (AvgIpc) is 3.02. The largest absolute Gasteiger partial charge is 0.394 e. The van der Waals surface area contributed by atoms with Gasteiger partial charge >= 0.3 is 0 Å². The van der Waals surface area contributed by atoms with Crippen molar-refractivity contribution in [1.29, 1.82) is 0 Å². The number of aromatic nitrogens is 1. The van der Waals surface area contributed by atoms with Gasteiger partial charge < -0.3 is 20.4 Å². The topological polar surface area (TPSA) is 118 Å². The van der Waals surface area contributed by atoms with Gasteiger partial charge in [-0.15, -0.1) is 11.3 Å². The van der Waals surface area contributed by atoms with Gasteiger partial charge in [-0.2, -0.15) is 5.10 Å². The highest BCUT2D eigenvalue weighted by Crippen LogP contribution is 2.25. The number of rotatable bonds is 7. The van der Waals surface area contributed by atoms with Gasteiger partial charge in [-0.25, -0.2) is 4.98 Å². The van der Waals surface area contributed by atoms with Crippen LogP contribution in [-0.2, 0) is 0 Å². The molecule has 0 bridgehead atoms. The first-order valence-corrected chi connectivity index (χ1v) is 7.92. The van der Waals surface area contributed by atoms with Crippen molar-refractivity contribution in [2.45, 2.75) is 18.3 Å². The number of halogens is 1. The van der Waals surface area contributed by atoms with Crippen molar-refractivity contribution in [2.75, 3.05) is 12.0 Å². The predicted octanol–water partition coefficient (Wildman–Crippen LogP) is 0.936. The molecule has 7 nitrogen and oxygen atoms in total. The molecule has 9 heteroatoms. The summed E-state index contributed by atoms with van der Waals surface area (Å²) >= 11 is 7.15. The minimum Gasteiger partial charge on any atom is -0.394 e. The van der Waals surface area contributed by atoms with Gasteiger partial charge in [0.15, 0.2) is 0 Å². The van der Waals surface area contributed by atoms with Gasteiger partial charge in [0.25, 0.3) is 0 Å². The molecule has 1 aromatic heterocycles. The van der Waals surface area contributed by atoms with Gasteiger partial charge in [0.2, 0.25) is 5.13 Å². The maximum atomic E-state index is 9.57. The van der Waals surface area contributed by atoms with Crippen LogP contribution in [0.5, 0.6) is 0 Å². The Bertz CT molecular complexity index is 650. The molecule has 23 heavy (non-hydrogen) atoms. The van der Waals surface area contributed by atoms with E-state index in [9.17, 15) is 15.3 Å². The van der Waals surface area contributed by atoms with Crippen LogP contribution in [0.3, 0.4) is 0 Å². The molecule has 124 valence electrons. The van der Waals surface area contributed by atoms with Crippen LogP contribution in [0, 0.1) is 0 Å². The first kappa shape index (κ1) is 17.8. The molecule has 0 radical (unpaired) electrons. The zero-order chi connectivity index (χ0) is 16.8. The van der Waals surface area contributed by atoms with Gasteiger partial charge in [-0.3, -0.25) is 5.43 Å². The van der Waals surface area contributed by atoms with E-state index in [0.717, 1.165) is 17.5 Å². The van der Waals surface area contributed by atoms with Gasteiger partial charge in [-0.1, -0.05) is 23.7 Å². The minimum atomic E-state index is -1.52. The van der Waals surface area contributed by atoms with E-state index in [0.29, 0.717) is 10.2 Å². The van der Waals surface area contributed by atoms with Crippen molar-refractivity contribution >= 4 is 34.3 Å². The number of benzene rings is 1. The van der Waals surface area contributed by atoms with Crippen LogP contribution in [0.1, 0.15) is 0 Å². The fraction of sp³-hybridized carbons (Fsp3) is 0.286. The molecular weight excluding hydrogens is 342 g/mol. The molecule has 1 aromatic carbocycles. The molecule has 3 unspecified atom stereocenters. The summed E-state index contributed by atoms with van der Waals surface area (Å²) in [6, 6.07) is 7.24. The molecule has 0 aliphatic rings. The predicted molar refractivity (Wildman–Crippen MR) is 89.8 cm³/mol. The minimum absolute atomic E-state index is 0.496. The van der Waals surface area contributed by atoms with Gasteiger partial charge in [0.1, 0.15) is 18.3 Å². The Morgan fingerprint density at radius 3 is 2.61 bits per heavy atom. The zero-order valence-electron chi connectivity index (χ0n) is 11.9. The highest BCUT2D eigenvalue weighted by Gasteiger charge is 2.22. The molecule has 0 amide bonds. The van der Waals surface area contributed by atoms with E-state index in [-0.39, 0.29) is 0 Å². The van der Waals surface area contributed by atoms with Crippen molar-refractivity contribution in [3.63, 3.8) is 0 Å². The monoisotopic (exact) mass is 357 g/mol. The second-order valence-corrected chi connectivity index (χ2v) is 5.96. The van der Waals surface area contributed by atoms with E-state index in [4.69, 9.17) is 16.7 Å². The fourth-order valence-corrected chi connectivity index (χ4v) is 2.47. The smallest absolute Gasteiger partial charge is 0.203 e. The lowest BCUT2D eigenvalue weighted by Crippen LogP contribution is -2.40. The second kappa shape index (κ2) is 8.34. The van der Waals surface area contributed by atoms with Crippen LogP contribution < -0.4 is 5.43 Å². The number of hydrogen-bond donors (Lipinski definition) is 5. The lowest BCUT2D eigenvalue weighted by Gasteiger charge is -2.17. The van der Waals surface area contributed by atoms with Crippen molar-refractivity contribution in [1.82, 2.24) is 4.98 Å². The number of anilines is 1. The summed E-state index contributed by atoms with van der Waals surface area (Å²) in [6.45, 7) is -0.656. The summed E-state index contributed by atoms with van der Waals surface area (Å²) in [5, 5.41) is 43.6. The molecule has 0 aliphatic heterocycles. The Hall–Kier alpha value is -1.55. The lowest BCUT2D eigenvalue weighted by molar-refractivity contribution is -0.0541. The number of nitrogens with zero attached hydrogens (tertiary/aromatic N) is 2. The molecule has 0 spiro atoms. The van der Waals surface area contributed by atoms with Crippen molar-refractivity contribution in [2.24, 2.45) is 5.10 Å². The van der Waals surface area contributed by atoms with Crippen LogP contribution in [0.15, 0.2) is 34.7 Å². The molecule has 0 aliphatic carbocycles. The van der Waals surface area contributed by atoms with Crippen LogP contribution in [0.25, 0.3) is 11.3 Å². The van der Waals surface area contributed by atoms with Gasteiger partial charge in [-0.05, 0) is 12.1 Å². The van der Waals surface area contributed by atoms with E-state index in [1.807, 2.05) is 17.5 Å². The van der Waals surface area contributed by atoms with Crippen molar-refractivity contribution < 1.29 is 20.4 Å². The number of nitrogens with one attached hydrogen (secondary N) is 1. The molecule has 0 fully saturated rings. The quantitative estimate of drug-likeness (QED) is 0.372. The summed E-state index contributed by atoms with van der Waals surface area (Å²) in [5.41, 5.74) is 4.28. The molecule has 2 aromatic rings. The van der Waals surface area contributed by atoms with E-state index in [1.54, 1.807) is 12.1 Å². The first-order chi connectivity index (χ1) is 11.0. The Balaban J connectivity index is 1.94. The first-order valence-electron chi connectivity index (χ1n) is 6.67.